The molecular formula is C14H24N4O3. The topological polar surface area (TPSA) is 95.7 Å². The molecule has 1 saturated carbocycles. The number of imide groups is 1. The van der Waals surface area contributed by atoms with Crippen molar-refractivity contribution in [3.8, 4) is 0 Å². The van der Waals surface area contributed by atoms with Crippen LogP contribution in [0.1, 0.15) is 32.6 Å². The number of nitrogens with one attached hydrogen (secondary N) is 1. The highest BCUT2D eigenvalue weighted by atomic mass is 16.2. The summed E-state index contributed by atoms with van der Waals surface area (Å²) in [5, 5.41) is 2.10. The molecular weight excluding hydrogens is 272 g/mol. The van der Waals surface area contributed by atoms with Gasteiger partial charge in [0.2, 0.25) is 11.8 Å². The number of amides is 4. The molecule has 1 heterocycles. The van der Waals surface area contributed by atoms with Crippen molar-refractivity contribution in [2.75, 3.05) is 26.2 Å². The molecule has 118 valence electrons. The van der Waals surface area contributed by atoms with Crippen LogP contribution in [-0.4, -0.2) is 59.9 Å². The van der Waals surface area contributed by atoms with E-state index in [2.05, 4.69) is 5.32 Å². The molecule has 2 rings (SSSR count). The minimum Gasteiger partial charge on any atom is -0.351 e. The van der Waals surface area contributed by atoms with Crippen LogP contribution in [0.25, 0.3) is 0 Å². The van der Waals surface area contributed by atoms with Crippen molar-refractivity contribution in [2.45, 2.75) is 38.6 Å². The molecule has 4 amide bonds. The first kappa shape index (κ1) is 15.8. The Balaban J connectivity index is 1.81. The number of urea groups is 1. The molecule has 1 unspecified atom stereocenters. The van der Waals surface area contributed by atoms with Crippen LogP contribution in [0.15, 0.2) is 0 Å². The summed E-state index contributed by atoms with van der Waals surface area (Å²) in [5.41, 5.74) is 4.95. The second-order valence-corrected chi connectivity index (χ2v) is 5.87. The largest absolute Gasteiger partial charge is 0.351 e. The van der Waals surface area contributed by atoms with Crippen LogP contribution in [0.5, 0.6) is 0 Å². The number of primary amides is 1. The van der Waals surface area contributed by atoms with Gasteiger partial charge >= 0.3 is 6.03 Å². The fourth-order valence-corrected chi connectivity index (χ4v) is 3.15. The Morgan fingerprint density at radius 1 is 1.10 bits per heavy atom. The van der Waals surface area contributed by atoms with Crippen LogP contribution < -0.4 is 11.1 Å². The summed E-state index contributed by atoms with van der Waals surface area (Å²) in [6.07, 6.45) is 4.33. The number of piperazine rings is 1. The summed E-state index contributed by atoms with van der Waals surface area (Å²) in [6, 6.07) is -1.25. The zero-order valence-electron chi connectivity index (χ0n) is 12.5. The Kier molecular flexibility index (Phi) is 5.17. The van der Waals surface area contributed by atoms with Crippen LogP contribution in [0, 0.1) is 5.92 Å². The first-order valence-corrected chi connectivity index (χ1v) is 7.62. The molecule has 2 aliphatic rings. The number of rotatable bonds is 3. The molecule has 0 aromatic heterocycles. The van der Waals surface area contributed by atoms with E-state index in [1.165, 1.54) is 0 Å². The summed E-state index contributed by atoms with van der Waals surface area (Å²) in [6.45, 7) is 4.32. The van der Waals surface area contributed by atoms with Gasteiger partial charge in [0.1, 0.15) is 0 Å². The molecule has 1 aliphatic heterocycles. The van der Waals surface area contributed by atoms with E-state index in [9.17, 15) is 14.4 Å². The van der Waals surface area contributed by atoms with Crippen molar-refractivity contribution in [2.24, 2.45) is 11.7 Å². The van der Waals surface area contributed by atoms with Crippen molar-refractivity contribution in [3.05, 3.63) is 0 Å². The minimum atomic E-state index is -0.832. The third-order valence-corrected chi connectivity index (χ3v) is 4.50. The average Bonchev–Trinajstić information content (AvgIpc) is 2.99. The van der Waals surface area contributed by atoms with Crippen LogP contribution in [0.2, 0.25) is 0 Å². The van der Waals surface area contributed by atoms with Crippen molar-refractivity contribution in [1.29, 1.82) is 0 Å². The van der Waals surface area contributed by atoms with E-state index < -0.39 is 18.0 Å². The lowest BCUT2D eigenvalue weighted by Gasteiger charge is -2.38. The second-order valence-electron chi connectivity index (χ2n) is 5.87. The lowest BCUT2D eigenvalue weighted by molar-refractivity contribution is -0.138. The van der Waals surface area contributed by atoms with Crippen LogP contribution >= 0.6 is 0 Å². The number of nitrogens with zero attached hydrogens (tertiary/aromatic N) is 2. The molecule has 7 heteroatoms. The van der Waals surface area contributed by atoms with Crippen LogP contribution in [0.4, 0.5) is 4.79 Å². The van der Waals surface area contributed by atoms with E-state index >= 15 is 0 Å². The maximum Gasteiger partial charge on any atom is 0.318 e. The Labute approximate surface area is 124 Å². The molecule has 0 aromatic rings. The van der Waals surface area contributed by atoms with Crippen molar-refractivity contribution in [1.82, 2.24) is 15.1 Å². The average molecular weight is 296 g/mol. The molecule has 0 aromatic carbocycles. The lowest BCUT2D eigenvalue weighted by Crippen LogP contribution is -2.56. The second kappa shape index (κ2) is 6.89. The molecule has 0 radical (unpaired) electrons. The van der Waals surface area contributed by atoms with Crippen LogP contribution in [0.3, 0.4) is 0 Å². The third kappa shape index (κ3) is 3.93. The van der Waals surface area contributed by atoms with Gasteiger partial charge in [0.15, 0.2) is 0 Å². The van der Waals surface area contributed by atoms with Gasteiger partial charge in [-0.05, 0) is 19.8 Å². The Morgan fingerprint density at radius 3 is 2.19 bits per heavy atom. The lowest BCUT2D eigenvalue weighted by atomic mass is 10.1. The number of nitrogens with two attached hydrogens (primary N) is 1. The summed E-state index contributed by atoms with van der Waals surface area (Å²) in [5.74, 6) is 0.0755. The smallest absolute Gasteiger partial charge is 0.318 e. The SMILES string of the molecule is CC(C(=O)NC(N)=O)N1CCN(C(=O)C2CCCC2)CC1. The van der Waals surface area contributed by atoms with Gasteiger partial charge in [0.25, 0.3) is 0 Å². The van der Waals surface area contributed by atoms with Gasteiger partial charge in [-0.3, -0.25) is 19.8 Å². The number of carbonyl (C=O) groups excluding carboxylic acids is 3. The highest BCUT2D eigenvalue weighted by Crippen LogP contribution is 2.27. The first-order valence-electron chi connectivity index (χ1n) is 7.62. The summed E-state index contributed by atoms with van der Waals surface area (Å²) in [7, 11) is 0. The highest BCUT2D eigenvalue weighted by Gasteiger charge is 2.31. The molecule has 0 bridgehead atoms. The summed E-state index contributed by atoms with van der Waals surface area (Å²) < 4.78 is 0. The Bertz CT molecular complexity index is 412. The van der Waals surface area contributed by atoms with Gasteiger partial charge in [0, 0.05) is 32.1 Å². The van der Waals surface area contributed by atoms with E-state index in [0.717, 1.165) is 25.7 Å². The standard InChI is InChI=1S/C14H24N4O3/c1-10(12(19)16-14(15)21)17-6-8-18(9-7-17)13(20)11-4-2-3-5-11/h10-11H,2-9H2,1H3,(H3,15,16,19,21). The van der Waals surface area contributed by atoms with E-state index in [1.54, 1.807) is 6.92 Å². The fourth-order valence-electron chi connectivity index (χ4n) is 3.15. The predicted molar refractivity (Wildman–Crippen MR) is 77.3 cm³/mol. The number of carbonyl (C=O) groups is 3. The molecule has 2 fully saturated rings. The van der Waals surface area contributed by atoms with Crippen molar-refractivity contribution in [3.63, 3.8) is 0 Å². The van der Waals surface area contributed by atoms with Gasteiger partial charge in [0.05, 0.1) is 6.04 Å². The number of hydrogen-bond acceptors (Lipinski definition) is 4. The molecule has 3 N–H and O–H groups in total. The van der Waals surface area contributed by atoms with Crippen molar-refractivity contribution < 1.29 is 14.4 Å². The molecule has 7 nitrogen and oxygen atoms in total. The van der Waals surface area contributed by atoms with Gasteiger partial charge in [-0.2, -0.15) is 0 Å². The van der Waals surface area contributed by atoms with Crippen molar-refractivity contribution >= 4 is 17.8 Å². The zero-order valence-corrected chi connectivity index (χ0v) is 12.5. The first-order chi connectivity index (χ1) is 9.99. The summed E-state index contributed by atoms with van der Waals surface area (Å²) in [4.78, 5) is 38.6. The Morgan fingerprint density at radius 2 is 1.67 bits per heavy atom. The predicted octanol–water partition coefficient (Wildman–Crippen LogP) is -0.0958. The van der Waals surface area contributed by atoms with E-state index in [0.29, 0.717) is 26.2 Å². The number of hydrogen-bond donors (Lipinski definition) is 2. The summed E-state index contributed by atoms with van der Waals surface area (Å²) >= 11 is 0. The quantitative estimate of drug-likeness (QED) is 0.760. The van der Waals surface area contributed by atoms with Gasteiger partial charge < -0.3 is 10.6 Å². The van der Waals surface area contributed by atoms with E-state index in [1.807, 2.05) is 9.80 Å². The van der Waals surface area contributed by atoms with Gasteiger partial charge in [-0.25, -0.2) is 4.79 Å². The van der Waals surface area contributed by atoms with Gasteiger partial charge in [-0.15, -0.1) is 0 Å². The maximum atomic E-state index is 12.3. The zero-order chi connectivity index (χ0) is 15.4. The third-order valence-electron chi connectivity index (χ3n) is 4.50. The maximum absolute atomic E-state index is 12.3. The van der Waals surface area contributed by atoms with E-state index in [-0.39, 0.29) is 11.8 Å². The molecule has 1 aliphatic carbocycles. The molecule has 1 atom stereocenters. The van der Waals surface area contributed by atoms with E-state index in [4.69, 9.17) is 5.73 Å². The molecule has 21 heavy (non-hydrogen) atoms. The Hall–Kier alpha value is -1.63. The normalized spacial score (nSPS) is 22.0. The van der Waals surface area contributed by atoms with Gasteiger partial charge in [-0.1, -0.05) is 12.8 Å². The highest BCUT2D eigenvalue weighted by molar-refractivity contribution is 5.96. The molecule has 0 spiro atoms. The monoisotopic (exact) mass is 296 g/mol. The minimum absolute atomic E-state index is 0.201. The molecule has 1 saturated heterocycles. The fraction of sp³-hybridized carbons (Fsp3) is 0.786. The van der Waals surface area contributed by atoms with Crippen LogP contribution in [-0.2, 0) is 9.59 Å².